The second kappa shape index (κ2) is 9.07. The average Bonchev–Trinajstić information content (AvgIpc) is 3.33. The number of amides is 3. The second-order valence-corrected chi connectivity index (χ2v) is 8.75. The molecule has 1 aromatic heterocycles. The highest BCUT2D eigenvalue weighted by atomic mass is 32.1. The minimum Gasteiger partial charge on any atom is -0.497 e. The number of rotatable bonds is 7. The van der Waals surface area contributed by atoms with Gasteiger partial charge in [-0.25, -0.2) is 4.98 Å². The molecule has 3 amide bonds. The predicted molar refractivity (Wildman–Crippen MR) is 131 cm³/mol. The number of hydrogen-bond donors (Lipinski definition) is 1. The molecule has 0 unspecified atom stereocenters. The second-order valence-electron chi connectivity index (χ2n) is 7.89. The fourth-order valence-electron chi connectivity index (χ4n) is 4.09. The van der Waals surface area contributed by atoms with E-state index in [0.29, 0.717) is 28.1 Å². The van der Waals surface area contributed by atoms with Gasteiger partial charge in [-0.05, 0) is 48.2 Å². The molecule has 7 nitrogen and oxygen atoms in total. The third kappa shape index (κ3) is 4.04. The molecule has 4 aromatic rings. The molecule has 0 atom stereocenters. The van der Waals surface area contributed by atoms with E-state index in [-0.39, 0.29) is 30.7 Å². The van der Waals surface area contributed by atoms with Gasteiger partial charge >= 0.3 is 0 Å². The van der Waals surface area contributed by atoms with E-state index in [2.05, 4.69) is 10.3 Å². The summed E-state index contributed by atoms with van der Waals surface area (Å²) in [5, 5.41) is 6.75. The van der Waals surface area contributed by atoms with Gasteiger partial charge in [0.2, 0.25) is 5.91 Å². The Morgan fingerprint density at radius 2 is 1.68 bits per heavy atom. The van der Waals surface area contributed by atoms with Gasteiger partial charge in [0.25, 0.3) is 11.8 Å². The highest BCUT2D eigenvalue weighted by molar-refractivity contribution is 7.14. The predicted octanol–water partition coefficient (Wildman–Crippen LogP) is 4.99. The van der Waals surface area contributed by atoms with E-state index in [9.17, 15) is 14.4 Å². The number of methoxy groups -OCH3 is 1. The number of nitrogens with zero attached hydrogens (tertiary/aromatic N) is 2. The van der Waals surface area contributed by atoms with Crippen LogP contribution in [0.4, 0.5) is 5.13 Å². The molecule has 0 fully saturated rings. The lowest BCUT2D eigenvalue weighted by Crippen LogP contribution is -2.41. The van der Waals surface area contributed by atoms with Gasteiger partial charge in [-0.3, -0.25) is 19.3 Å². The van der Waals surface area contributed by atoms with Crippen LogP contribution in [0.25, 0.3) is 22.0 Å². The van der Waals surface area contributed by atoms with Crippen LogP contribution in [0.15, 0.2) is 66.0 Å². The van der Waals surface area contributed by atoms with Crippen molar-refractivity contribution in [3.8, 4) is 17.0 Å². The third-order valence-corrected chi connectivity index (χ3v) is 6.54. The number of aromatic nitrogens is 1. The summed E-state index contributed by atoms with van der Waals surface area (Å²) >= 11 is 1.34. The summed E-state index contributed by atoms with van der Waals surface area (Å²) in [6.07, 6.45) is 0.526. The van der Waals surface area contributed by atoms with Crippen LogP contribution in [-0.4, -0.2) is 41.3 Å². The van der Waals surface area contributed by atoms with Crippen molar-refractivity contribution in [3.63, 3.8) is 0 Å². The van der Waals surface area contributed by atoms with Crippen molar-refractivity contribution in [3.05, 3.63) is 77.2 Å². The van der Waals surface area contributed by atoms with Crippen molar-refractivity contribution in [2.75, 3.05) is 19.0 Å². The highest BCUT2D eigenvalue weighted by Crippen LogP contribution is 2.30. The number of imide groups is 1. The van der Waals surface area contributed by atoms with Crippen molar-refractivity contribution < 1.29 is 19.1 Å². The molecule has 0 spiro atoms. The summed E-state index contributed by atoms with van der Waals surface area (Å²) in [6.45, 7) is 0.171. The van der Waals surface area contributed by atoms with Gasteiger partial charge in [0.05, 0.1) is 12.8 Å². The van der Waals surface area contributed by atoms with Gasteiger partial charge in [-0.1, -0.05) is 24.3 Å². The lowest BCUT2D eigenvalue weighted by molar-refractivity contribution is -0.116. The van der Waals surface area contributed by atoms with Crippen molar-refractivity contribution in [1.82, 2.24) is 9.88 Å². The molecular weight excluding hydrogens is 450 g/mol. The summed E-state index contributed by atoms with van der Waals surface area (Å²) < 4.78 is 5.17. The summed E-state index contributed by atoms with van der Waals surface area (Å²) in [5.41, 5.74) is 2.73. The number of anilines is 1. The molecule has 5 rings (SSSR count). The van der Waals surface area contributed by atoms with Crippen molar-refractivity contribution in [1.29, 1.82) is 0 Å². The Kier molecular flexibility index (Phi) is 5.81. The number of benzene rings is 3. The largest absolute Gasteiger partial charge is 0.497 e. The van der Waals surface area contributed by atoms with Crippen LogP contribution in [0.1, 0.15) is 33.6 Å². The lowest BCUT2D eigenvalue weighted by atomic mass is 9.94. The molecule has 8 heteroatoms. The first-order valence-corrected chi connectivity index (χ1v) is 11.7. The topological polar surface area (TPSA) is 88.6 Å². The summed E-state index contributed by atoms with van der Waals surface area (Å²) in [7, 11) is 1.61. The average molecular weight is 472 g/mol. The van der Waals surface area contributed by atoms with Gasteiger partial charge < -0.3 is 10.1 Å². The Morgan fingerprint density at radius 3 is 2.32 bits per heavy atom. The van der Waals surface area contributed by atoms with Crippen LogP contribution < -0.4 is 10.1 Å². The zero-order valence-corrected chi connectivity index (χ0v) is 19.2. The van der Waals surface area contributed by atoms with Gasteiger partial charge in [0.1, 0.15) is 5.75 Å². The molecule has 2 heterocycles. The van der Waals surface area contributed by atoms with E-state index >= 15 is 0 Å². The van der Waals surface area contributed by atoms with E-state index in [0.717, 1.165) is 22.4 Å². The fourth-order valence-corrected chi connectivity index (χ4v) is 4.82. The maximum atomic E-state index is 12.9. The van der Waals surface area contributed by atoms with Crippen LogP contribution in [0.5, 0.6) is 5.75 Å². The normalized spacial score (nSPS) is 12.8. The summed E-state index contributed by atoms with van der Waals surface area (Å²) in [4.78, 5) is 44.0. The molecule has 0 aliphatic carbocycles. The summed E-state index contributed by atoms with van der Waals surface area (Å²) in [5.74, 6) is -0.0917. The van der Waals surface area contributed by atoms with E-state index in [4.69, 9.17) is 4.74 Å². The van der Waals surface area contributed by atoms with Crippen LogP contribution >= 0.6 is 11.3 Å². The minimum absolute atomic E-state index is 0.167. The Balaban J connectivity index is 1.19. The van der Waals surface area contributed by atoms with Crippen molar-refractivity contribution >= 4 is 45.0 Å². The molecule has 34 heavy (non-hydrogen) atoms. The smallest absolute Gasteiger partial charge is 0.261 e. The Labute approximate surface area is 200 Å². The Hall–Kier alpha value is -4.04. The van der Waals surface area contributed by atoms with Crippen LogP contribution in [0, 0.1) is 0 Å². The first kappa shape index (κ1) is 21.8. The zero-order valence-electron chi connectivity index (χ0n) is 18.4. The molecule has 0 saturated heterocycles. The van der Waals surface area contributed by atoms with Crippen molar-refractivity contribution in [2.24, 2.45) is 0 Å². The fraction of sp³-hybridized carbons (Fsp3) is 0.154. The SMILES string of the molecule is COc1ccc(-c2csc(NC(=O)CCCN3C(=O)c4cccc5cccc(c45)C3=O)n2)cc1. The first-order chi connectivity index (χ1) is 16.5. The molecule has 1 aliphatic heterocycles. The number of thiazole rings is 1. The molecule has 170 valence electrons. The lowest BCUT2D eigenvalue weighted by Gasteiger charge is -2.27. The standard InChI is InChI=1S/C26H21N3O4S/c1-33-18-12-10-16(11-13-18)21-15-34-26(27-21)28-22(30)9-4-14-29-24(31)19-7-2-5-17-6-3-8-20(23(17)19)25(29)32/h2-3,5-8,10-13,15H,4,9,14H2,1H3,(H,27,28,30). The van der Waals surface area contributed by atoms with Gasteiger partial charge in [0.15, 0.2) is 5.13 Å². The molecule has 0 saturated carbocycles. The molecule has 0 radical (unpaired) electrons. The molecule has 0 bridgehead atoms. The number of hydrogen-bond acceptors (Lipinski definition) is 6. The van der Waals surface area contributed by atoms with Crippen molar-refractivity contribution in [2.45, 2.75) is 12.8 Å². The number of carbonyl (C=O) groups is 3. The first-order valence-electron chi connectivity index (χ1n) is 10.8. The van der Waals surface area contributed by atoms with E-state index in [1.807, 2.05) is 53.9 Å². The summed E-state index contributed by atoms with van der Waals surface area (Å²) in [6, 6.07) is 18.4. The monoisotopic (exact) mass is 471 g/mol. The number of nitrogens with one attached hydrogen (secondary N) is 1. The molecule has 1 N–H and O–H groups in total. The van der Waals surface area contributed by atoms with Crippen LogP contribution in [0.2, 0.25) is 0 Å². The zero-order chi connectivity index (χ0) is 23.7. The number of carbonyl (C=O) groups excluding carboxylic acids is 3. The molecular formula is C26H21N3O4S. The highest BCUT2D eigenvalue weighted by Gasteiger charge is 2.32. The molecule has 3 aromatic carbocycles. The van der Waals surface area contributed by atoms with E-state index < -0.39 is 0 Å². The maximum Gasteiger partial charge on any atom is 0.261 e. The number of ether oxygens (including phenoxy) is 1. The Bertz CT molecular complexity index is 1360. The quantitative estimate of drug-likeness (QED) is 0.384. The van der Waals surface area contributed by atoms with Gasteiger partial charge in [0, 0.05) is 40.4 Å². The van der Waals surface area contributed by atoms with Crippen LogP contribution in [0.3, 0.4) is 0 Å². The molecule has 1 aliphatic rings. The maximum absolute atomic E-state index is 12.9. The van der Waals surface area contributed by atoms with Crippen LogP contribution in [-0.2, 0) is 4.79 Å². The van der Waals surface area contributed by atoms with E-state index in [1.165, 1.54) is 16.2 Å². The minimum atomic E-state index is -0.321. The van der Waals surface area contributed by atoms with Gasteiger partial charge in [-0.15, -0.1) is 11.3 Å². The van der Waals surface area contributed by atoms with E-state index in [1.54, 1.807) is 19.2 Å². The van der Waals surface area contributed by atoms with Gasteiger partial charge in [-0.2, -0.15) is 0 Å². The Morgan fingerprint density at radius 1 is 1.00 bits per heavy atom. The third-order valence-electron chi connectivity index (χ3n) is 5.78.